The third-order valence-corrected chi connectivity index (χ3v) is 4.09. The predicted octanol–water partition coefficient (Wildman–Crippen LogP) is 4.94. The van der Waals surface area contributed by atoms with E-state index in [1.807, 2.05) is 37.3 Å². The quantitative estimate of drug-likeness (QED) is 0.664. The minimum Gasteiger partial charge on any atom is -0.251 e. The fourth-order valence-corrected chi connectivity index (χ4v) is 3.03. The van der Waals surface area contributed by atoms with Gasteiger partial charge in [0, 0.05) is 21.1 Å². The van der Waals surface area contributed by atoms with Gasteiger partial charge < -0.3 is 0 Å². The smallest absolute Gasteiger partial charge is 0.142 e. The van der Waals surface area contributed by atoms with Crippen molar-refractivity contribution in [3.63, 3.8) is 0 Å². The van der Waals surface area contributed by atoms with Gasteiger partial charge in [-0.05, 0) is 31.2 Å². The number of aryl methyl sites for hydroxylation is 1. The molecule has 0 aliphatic heterocycles. The Morgan fingerprint density at radius 3 is 2.63 bits per heavy atom. The molecule has 2 nitrogen and oxygen atoms in total. The molecule has 0 aliphatic rings. The van der Waals surface area contributed by atoms with Crippen LogP contribution in [0.5, 0.6) is 0 Å². The van der Waals surface area contributed by atoms with Gasteiger partial charge in [0.05, 0.1) is 11.4 Å². The topological polar surface area (TPSA) is 25.8 Å². The third-order valence-electron chi connectivity index (χ3n) is 2.73. The van der Waals surface area contributed by atoms with Crippen LogP contribution in [0.15, 0.2) is 52.3 Å². The fourth-order valence-electron chi connectivity index (χ4n) is 1.83. The van der Waals surface area contributed by atoms with Crippen molar-refractivity contribution in [2.45, 2.75) is 6.92 Å². The highest BCUT2D eigenvalue weighted by atomic mass is 79.9. The summed E-state index contributed by atoms with van der Waals surface area (Å²) < 4.78 is 1.06. The zero-order valence-corrected chi connectivity index (χ0v) is 12.7. The van der Waals surface area contributed by atoms with Gasteiger partial charge in [0.25, 0.3) is 0 Å². The molecule has 0 bridgehead atoms. The van der Waals surface area contributed by atoms with E-state index in [9.17, 15) is 0 Å². The summed E-state index contributed by atoms with van der Waals surface area (Å²) in [6, 6.07) is 14.2. The molecule has 3 aromatic rings. The summed E-state index contributed by atoms with van der Waals surface area (Å²) in [4.78, 5) is 9.17. The summed E-state index contributed by atoms with van der Waals surface area (Å²) >= 11 is 5.11. The maximum absolute atomic E-state index is 4.67. The Morgan fingerprint density at radius 1 is 1.00 bits per heavy atom. The summed E-state index contributed by atoms with van der Waals surface area (Å²) in [7, 11) is 0. The Labute approximate surface area is 124 Å². The van der Waals surface area contributed by atoms with Crippen LogP contribution < -0.4 is 0 Å². The van der Waals surface area contributed by atoms with Crippen LogP contribution in [0.2, 0.25) is 0 Å². The largest absolute Gasteiger partial charge is 0.251 e. The highest BCUT2D eigenvalue weighted by Gasteiger charge is 2.08. The first-order chi connectivity index (χ1) is 9.22. The van der Waals surface area contributed by atoms with E-state index in [1.165, 1.54) is 0 Å². The second-order valence-electron chi connectivity index (χ2n) is 4.21. The van der Waals surface area contributed by atoms with Crippen LogP contribution in [0.4, 0.5) is 0 Å². The number of thiazole rings is 1. The average Bonchev–Trinajstić information content (AvgIpc) is 2.88. The zero-order chi connectivity index (χ0) is 13.2. The molecule has 0 radical (unpaired) electrons. The summed E-state index contributed by atoms with van der Waals surface area (Å²) in [5.41, 5.74) is 4.05. The molecule has 4 heteroatoms. The molecule has 2 heterocycles. The van der Waals surface area contributed by atoms with Gasteiger partial charge >= 0.3 is 0 Å². The lowest BCUT2D eigenvalue weighted by Gasteiger charge is -1.98. The second kappa shape index (κ2) is 5.23. The SMILES string of the molecule is Cc1cccc(-c2nc(-c3cccc(Br)c3)cs2)n1. The Balaban J connectivity index is 2.00. The highest BCUT2D eigenvalue weighted by molar-refractivity contribution is 9.10. The van der Waals surface area contributed by atoms with Gasteiger partial charge in [0.15, 0.2) is 0 Å². The van der Waals surface area contributed by atoms with E-state index in [2.05, 4.69) is 43.4 Å². The summed E-state index contributed by atoms with van der Waals surface area (Å²) in [6.07, 6.45) is 0. The molecule has 0 amide bonds. The molecule has 0 fully saturated rings. The third kappa shape index (κ3) is 2.74. The Bertz CT molecular complexity index is 661. The fraction of sp³-hybridized carbons (Fsp3) is 0.0667. The first-order valence-corrected chi connectivity index (χ1v) is 7.55. The van der Waals surface area contributed by atoms with Gasteiger partial charge in [-0.15, -0.1) is 11.3 Å². The molecule has 94 valence electrons. The summed E-state index contributed by atoms with van der Waals surface area (Å²) in [6.45, 7) is 1.99. The van der Waals surface area contributed by atoms with E-state index in [1.54, 1.807) is 11.3 Å². The lowest BCUT2D eigenvalue weighted by Crippen LogP contribution is -1.85. The minimum atomic E-state index is 0.936. The first kappa shape index (κ1) is 12.5. The van der Waals surface area contributed by atoms with Crippen molar-refractivity contribution < 1.29 is 0 Å². The number of hydrogen-bond donors (Lipinski definition) is 0. The number of halogens is 1. The van der Waals surface area contributed by atoms with Gasteiger partial charge in [0.1, 0.15) is 5.01 Å². The monoisotopic (exact) mass is 330 g/mol. The van der Waals surface area contributed by atoms with E-state index in [0.717, 1.165) is 32.1 Å². The van der Waals surface area contributed by atoms with Crippen molar-refractivity contribution in [1.82, 2.24) is 9.97 Å². The van der Waals surface area contributed by atoms with Crippen molar-refractivity contribution in [3.05, 3.63) is 58.0 Å². The molecule has 3 rings (SSSR count). The maximum atomic E-state index is 4.67. The Morgan fingerprint density at radius 2 is 1.84 bits per heavy atom. The van der Waals surface area contributed by atoms with Gasteiger partial charge in [-0.2, -0.15) is 0 Å². The average molecular weight is 331 g/mol. The van der Waals surface area contributed by atoms with Crippen LogP contribution in [0.25, 0.3) is 22.0 Å². The Hall–Kier alpha value is -1.52. The number of hydrogen-bond acceptors (Lipinski definition) is 3. The van der Waals surface area contributed by atoms with Crippen LogP contribution >= 0.6 is 27.3 Å². The molecule has 0 spiro atoms. The van der Waals surface area contributed by atoms with Crippen molar-refractivity contribution >= 4 is 27.3 Å². The van der Waals surface area contributed by atoms with Gasteiger partial charge in [-0.3, -0.25) is 4.98 Å². The van der Waals surface area contributed by atoms with Gasteiger partial charge in [0.2, 0.25) is 0 Å². The van der Waals surface area contributed by atoms with Crippen LogP contribution in [-0.4, -0.2) is 9.97 Å². The van der Waals surface area contributed by atoms with Crippen molar-refractivity contribution in [3.8, 4) is 22.0 Å². The molecule has 2 aromatic heterocycles. The molecular formula is C15H11BrN2S. The number of aromatic nitrogens is 2. The molecule has 0 N–H and O–H groups in total. The van der Waals surface area contributed by atoms with Crippen LogP contribution in [0.3, 0.4) is 0 Å². The van der Waals surface area contributed by atoms with Crippen molar-refractivity contribution in [2.75, 3.05) is 0 Å². The molecule has 0 aliphatic carbocycles. The van der Waals surface area contributed by atoms with Crippen LogP contribution in [0, 0.1) is 6.92 Å². The molecular weight excluding hydrogens is 320 g/mol. The number of nitrogens with zero attached hydrogens (tertiary/aromatic N) is 2. The van der Waals surface area contributed by atoms with E-state index in [-0.39, 0.29) is 0 Å². The first-order valence-electron chi connectivity index (χ1n) is 5.88. The normalized spacial score (nSPS) is 10.6. The molecule has 0 atom stereocenters. The number of benzene rings is 1. The van der Waals surface area contributed by atoms with E-state index < -0.39 is 0 Å². The minimum absolute atomic E-state index is 0.936. The zero-order valence-electron chi connectivity index (χ0n) is 10.3. The Kier molecular flexibility index (Phi) is 3.44. The predicted molar refractivity (Wildman–Crippen MR) is 83.2 cm³/mol. The highest BCUT2D eigenvalue weighted by Crippen LogP contribution is 2.29. The lowest BCUT2D eigenvalue weighted by atomic mass is 10.2. The molecule has 0 unspecified atom stereocenters. The van der Waals surface area contributed by atoms with E-state index in [0.29, 0.717) is 0 Å². The lowest BCUT2D eigenvalue weighted by molar-refractivity contribution is 1.19. The van der Waals surface area contributed by atoms with Crippen LogP contribution in [-0.2, 0) is 0 Å². The standard InChI is InChI=1S/C15H11BrN2S/c1-10-4-2-7-13(17-10)15-18-14(9-19-15)11-5-3-6-12(16)8-11/h2-9H,1H3. The molecule has 0 saturated heterocycles. The van der Waals surface area contributed by atoms with Gasteiger partial charge in [-0.25, -0.2) is 4.98 Å². The molecule has 19 heavy (non-hydrogen) atoms. The van der Waals surface area contributed by atoms with E-state index >= 15 is 0 Å². The maximum Gasteiger partial charge on any atom is 0.142 e. The number of rotatable bonds is 2. The summed E-state index contributed by atoms with van der Waals surface area (Å²) in [5, 5.41) is 3.03. The van der Waals surface area contributed by atoms with Crippen molar-refractivity contribution in [2.24, 2.45) is 0 Å². The number of pyridine rings is 1. The van der Waals surface area contributed by atoms with Crippen molar-refractivity contribution in [1.29, 1.82) is 0 Å². The van der Waals surface area contributed by atoms with Gasteiger partial charge in [-0.1, -0.05) is 34.1 Å². The summed E-state index contributed by atoms with van der Waals surface area (Å²) in [5.74, 6) is 0. The van der Waals surface area contributed by atoms with Crippen LogP contribution in [0.1, 0.15) is 5.69 Å². The molecule has 0 saturated carbocycles. The van der Waals surface area contributed by atoms with E-state index in [4.69, 9.17) is 0 Å². The second-order valence-corrected chi connectivity index (χ2v) is 5.99. The molecule has 1 aromatic carbocycles.